The first-order chi connectivity index (χ1) is 17.3. The molecule has 3 aliphatic rings. The highest BCUT2D eigenvalue weighted by Gasteiger charge is 2.52. The number of carbonyl (C=O) groups is 2. The summed E-state index contributed by atoms with van der Waals surface area (Å²) < 4.78 is 31.9. The van der Waals surface area contributed by atoms with Crippen LogP contribution in [-0.2, 0) is 9.53 Å². The van der Waals surface area contributed by atoms with Crippen LogP contribution < -0.4 is 10.6 Å². The van der Waals surface area contributed by atoms with Gasteiger partial charge in [-0.1, -0.05) is 12.1 Å². The van der Waals surface area contributed by atoms with Crippen LogP contribution in [0.25, 0.3) is 0 Å². The SMILES string of the molecule is C[C@@]1(NCCC2S[C@@H]2[C@H](NC(=O)c2ccc(F)cc2)C(=O)N2CCOCC2)C[C@H]1c1ccc(F)cc1. The third-order valence-corrected chi connectivity index (χ3v) is 8.88. The van der Waals surface area contributed by atoms with Gasteiger partial charge in [-0.15, -0.1) is 11.8 Å². The molecule has 192 valence electrons. The fraction of sp³-hybridized carbons (Fsp3) is 0.481. The number of nitrogens with zero attached hydrogens (tertiary/aromatic N) is 1. The van der Waals surface area contributed by atoms with Gasteiger partial charge in [-0.2, -0.15) is 0 Å². The summed E-state index contributed by atoms with van der Waals surface area (Å²) in [4.78, 5) is 28.0. The van der Waals surface area contributed by atoms with E-state index in [4.69, 9.17) is 4.74 Å². The predicted molar refractivity (Wildman–Crippen MR) is 135 cm³/mol. The van der Waals surface area contributed by atoms with Gasteiger partial charge in [-0.25, -0.2) is 8.78 Å². The maximum atomic E-state index is 13.4. The summed E-state index contributed by atoms with van der Waals surface area (Å²) in [6.07, 6.45) is 1.88. The van der Waals surface area contributed by atoms with Gasteiger partial charge in [0.1, 0.15) is 17.7 Å². The zero-order chi connectivity index (χ0) is 25.3. The maximum absolute atomic E-state index is 13.4. The second kappa shape index (κ2) is 10.5. The Labute approximate surface area is 214 Å². The normalized spacial score (nSPS) is 27.9. The quantitative estimate of drug-likeness (QED) is 0.502. The van der Waals surface area contributed by atoms with E-state index in [1.165, 1.54) is 36.4 Å². The Balaban J connectivity index is 1.17. The highest BCUT2D eigenvalue weighted by molar-refractivity contribution is 8.07. The smallest absolute Gasteiger partial charge is 0.251 e. The fourth-order valence-electron chi connectivity index (χ4n) is 5.01. The molecule has 2 saturated heterocycles. The Morgan fingerprint density at radius 1 is 1.08 bits per heavy atom. The van der Waals surface area contributed by atoms with Crippen molar-refractivity contribution < 1.29 is 23.1 Å². The lowest BCUT2D eigenvalue weighted by molar-refractivity contribution is -0.137. The zero-order valence-corrected chi connectivity index (χ0v) is 21.0. The zero-order valence-electron chi connectivity index (χ0n) is 20.2. The molecular weight excluding hydrogens is 484 g/mol. The first kappa shape index (κ1) is 25.2. The first-order valence-corrected chi connectivity index (χ1v) is 13.4. The van der Waals surface area contributed by atoms with Crippen LogP contribution in [0.5, 0.6) is 0 Å². The third-order valence-electron chi connectivity index (χ3n) is 7.40. The molecule has 0 radical (unpaired) electrons. The standard InChI is InChI=1S/C27H31F2N3O3S/c1-27(16-21(27)17-2-6-19(28)7-3-17)30-11-10-22-24(36-22)23(26(34)32-12-14-35-15-13-32)31-25(33)18-4-8-20(29)9-5-18/h2-9,21-24,30H,10-16H2,1H3,(H,31,33)/t21-,22?,23-,24-,27+/m0/s1. The molecule has 3 fully saturated rings. The molecule has 1 aliphatic carbocycles. The van der Waals surface area contributed by atoms with Gasteiger partial charge in [0.2, 0.25) is 5.91 Å². The van der Waals surface area contributed by atoms with E-state index in [1.54, 1.807) is 16.7 Å². The van der Waals surface area contributed by atoms with Crippen molar-refractivity contribution in [2.45, 2.75) is 47.8 Å². The van der Waals surface area contributed by atoms with E-state index in [0.29, 0.717) is 37.8 Å². The largest absolute Gasteiger partial charge is 0.378 e. The number of halogens is 2. The van der Waals surface area contributed by atoms with E-state index in [9.17, 15) is 18.4 Å². The lowest BCUT2D eigenvalue weighted by Gasteiger charge is -2.30. The van der Waals surface area contributed by atoms with Gasteiger partial charge in [0, 0.05) is 40.6 Å². The van der Waals surface area contributed by atoms with Crippen molar-refractivity contribution in [1.82, 2.24) is 15.5 Å². The van der Waals surface area contributed by atoms with Gasteiger partial charge < -0.3 is 20.3 Å². The maximum Gasteiger partial charge on any atom is 0.251 e. The Morgan fingerprint density at radius 3 is 2.39 bits per heavy atom. The number of thioether (sulfide) groups is 1. The molecule has 0 bridgehead atoms. The number of morpholine rings is 1. The number of carbonyl (C=O) groups excluding carboxylic acids is 2. The minimum absolute atomic E-state index is 0.00724. The minimum atomic E-state index is -0.640. The van der Waals surface area contributed by atoms with Crippen LogP contribution in [0.4, 0.5) is 8.78 Å². The Kier molecular flexibility index (Phi) is 7.32. The van der Waals surface area contributed by atoms with E-state index in [1.807, 2.05) is 12.1 Å². The van der Waals surface area contributed by atoms with Crippen LogP contribution in [-0.4, -0.2) is 71.6 Å². The highest BCUT2D eigenvalue weighted by atomic mass is 32.2. The summed E-state index contributed by atoms with van der Waals surface area (Å²) in [6.45, 7) is 4.98. The van der Waals surface area contributed by atoms with E-state index >= 15 is 0 Å². The molecule has 0 aromatic heterocycles. The van der Waals surface area contributed by atoms with Crippen molar-refractivity contribution in [3.8, 4) is 0 Å². The van der Waals surface area contributed by atoms with Crippen molar-refractivity contribution >= 4 is 23.6 Å². The van der Waals surface area contributed by atoms with Crippen molar-refractivity contribution in [3.05, 3.63) is 71.3 Å². The molecular formula is C27H31F2N3O3S. The number of ether oxygens (including phenoxy) is 1. The second-order valence-electron chi connectivity index (χ2n) is 9.98. The van der Waals surface area contributed by atoms with Crippen molar-refractivity contribution in [1.29, 1.82) is 0 Å². The summed E-state index contributed by atoms with van der Waals surface area (Å²) >= 11 is 1.71. The molecule has 5 rings (SSSR count). The number of rotatable bonds is 9. The number of hydrogen-bond donors (Lipinski definition) is 2. The molecule has 1 saturated carbocycles. The molecule has 2 N–H and O–H groups in total. The van der Waals surface area contributed by atoms with Gasteiger partial charge in [0.05, 0.1) is 13.2 Å². The molecule has 9 heteroatoms. The molecule has 2 aliphatic heterocycles. The summed E-state index contributed by atoms with van der Waals surface area (Å²) in [5.74, 6) is -0.736. The molecule has 2 amide bonds. The molecule has 2 aromatic carbocycles. The lowest BCUT2D eigenvalue weighted by atomic mass is 10.1. The van der Waals surface area contributed by atoms with Crippen molar-refractivity contribution in [3.63, 3.8) is 0 Å². The molecule has 1 unspecified atom stereocenters. The van der Waals surface area contributed by atoms with Gasteiger partial charge in [-0.3, -0.25) is 9.59 Å². The number of amides is 2. The van der Waals surface area contributed by atoms with Gasteiger partial charge in [-0.05, 0) is 68.3 Å². The molecule has 2 aromatic rings. The van der Waals surface area contributed by atoms with Crippen LogP contribution in [0.2, 0.25) is 0 Å². The van der Waals surface area contributed by atoms with Crippen LogP contribution >= 0.6 is 11.8 Å². The minimum Gasteiger partial charge on any atom is -0.378 e. The number of hydrogen-bond acceptors (Lipinski definition) is 5. The van der Waals surface area contributed by atoms with E-state index in [2.05, 4.69) is 17.6 Å². The molecule has 6 nitrogen and oxygen atoms in total. The summed E-state index contributed by atoms with van der Waals surface area (Å²) in [5.41, 5.74) is 1.46. The topological polar surface area (TPSA) is 70.7 Å². The average Bonchev–Trinajstić information content (AvgIpc) is 3.80. The van der Waals surface area contributed by atoms with E-state index < -0.39 is 11.9 Å². The Bertz CT molecular complexity index is 1090. The van der Waals surface area contributed by atoms with Crippen molar-refractivity contribution in [2.24, 2.45) is 0 Å². The molecule has 36 heavy (non-hydrogen) atoms. The van der Waals surface area contributed by atoms with Crippen LogP contribution in [0.15, 0.2) is 48.5 Å². The molecule has 5 atom stereocenters. The van der Waals surface area contributed by atoms with Crippen LogP contribution in [0.3, 0.4) is 0 Å². The highest BCUT2D eigenvalue weighted by Crippen LogP contribution is 2.51. The van der Waals surface area contributed by atoms with Crippen LogP contribution in [0.1, 0.15) is 41.6 Å². The van der Waals surface area contributed by atoms with Gasteiger partial charge in [0.15, 0.2) is 0 Å². The first-order valence-electron chi connectivity index (χ1n) is 12.4. The predicted octanol–water partition coefficient (Wildman–Crippen LogP) is 3.33. The molecule has 0 spiro atoms. The average molecular weight is 516 g/mol. The van der Waals surface area contributed by atoms with E-state index in [0.717, 1.165) is 24.9 Å². The summed E-state index contributed by atoms with van der Waals surface area (Å²) in [5, 5.41) is 6.83. The Morgan fingerprint density at radius 2 is 1.72 bits per heavy atom. The van der Waals surface area contributed by atoms with E-state index in [-0.39, 0.29) is 33.7 Å². The second-order valence-corrected chi connectivity index (χ2v) is 11.4. The van der Waals surface area contributed by atoms with Crippen LogP contribution in [0, 0.1) is 11.6 Å². The van der Waals surface area contributed by atoms with Gasteiger partial charge >= 0.3 is 0 Å². The third kappa shape index (κ3) is 5.74. The Hall–Kier alpha value is -2.49. The summed E-state index contributed by atoms with van der Waals surface area (Å²) in [7, 11) is 0. The van der Waals surface area contributed by atoms with Crippen molar-refractivity contribution in [2.75, 3.05) is 32.8 Å². The summed E-state index contributed by atoms with van der Waals surface area (Å²) in [6, 6.07) is 11.4. The monoisotopic (exact) mass is 515 g/mol. The number of benzene rings is 2. The number of nitrogens with one attached hydrogen (secondary N) is 2. The molecule has 2 heterocycles. The van der Waals surface area contributed by atoms with Gasteiger partial charge in [0.25, 0.3) is 5.91 Å². The fourth-order valence-corrected chi connectivity index (χ4v) is 6.22. The lowest BCUT2D eigenvalue weighted by Crippen LogP contribution is -2.54.